The molecule has 2 fully saturated rings. The van der Waals surface area contributed by atoms with E-state index in [9.17, 15) is 22.8 Å². The number of carbonyl (C=O) groups is 2. The molecule has 2 amide bonds. The fourth-order valence-corrected chi connectivity index (χ4v) is 4.57. The maximum Gasteiger partial charge on any atom is 0.416 e. The molecule has 2 aliphatic rings. The summed E-state index contributed by atoms with van der Waals surface area (Å²) in [7, 11) is 0. The quantitative estimate of drug-likeness (QED) is 0.676. The van der Waals surface area contributed by atoms with Crippen molar-refractivity contribution in [2.75, 3.05) is 6.54 Å². The van der Waals surface area contributed by atoms with Gasteiger partial charge < -0.3 is 10.1 Å². The third-order valence-corrected chi connectivity index (χ3v) is 6.06. The summed E-state index contributed by atoms with van der Waals surface area (Å²) in [5, 5.41) is 2.83. The third-order valence-electron chi connectivity index (χ3n) is 6.06. The SMILES string of the molecule is CC(C)(C)OC(=O)N1[C@@H](c2cccc(-c3ccc(C(F)(F)F)cc3)n2)CC[C@]12CCNC2=O. The molecule has 0 bridgehead atoms. The second kappa shape index (κ2) is 8.04. The molecule has 1 N–H and O–H groups in total. The van der Waals surface area contributed by atoms with Crippen LogP contribution in [0, 0.1) is 0 Å². The first-order valence-corrected chi connectivity index (χ1v) is 10.9. The fraction of sp³-hybridized carbons (Fsp3) is 0.458. The maximum absolute atomic E-state index is 13.2. The molecule has 0 unspecified atom stereocenters. The lowest BCUT2D eigenvalue weighted by Gasteiger charge is -2.37. The number of aromatic nitrogens is 1. The summed E-state index contributed by atoms with van der Waals surface area (Å²) in [5.74, 6) is -0.199. The molecule has 4 rings (SSSR count). The van der Waals surface area contributed by atoms with Crippen LogP contribution in [0.2, 0.25) is 0 Å². The van der Waals surface area contributed by atoms with Gasteiger partial charge in [0.1, 0.15) is 11.1 Å². The molecule has 1 spiro atoms. The number of rotatable bonds is 2. The summed E-state index contributed by atoms with van der Waals surface area (Å²) in [6.45, 7) is 5.77. The average molecular weight is 461 g/mol. The van der Waals surface area contributed by atoms with Crippen LogP contribution in [0.15, 0.2) is 42.5 Å². The Morgan fingerprint density at radius 2 is 1.82 bits per heavy atom. The smallest absolute Gasteiger partial charge is 0.416 e. The molecule has 1 aromatic heterocycles. The van der Waals surface area contributed by atoms with Gasteiger partial charge in [0.2, 0.25) is 5.91 Å². The molecule has 6 nitrogen and oxygen atoms in total. The minimum Gasteiger partial charge on any atom is -0.444 e. The van der Waals surface area contributed by atoms with Crippen LogP contribution < -0.4 is 5.32 Å². The second-order valence-corrected chi connectivity index (χ2v) is 9.47. The van der Waals surface area contributed by atoms with Crippen LogP contribution in [-0.2, 0) is 15.7 Å². The predicted octanol–water partition coefficient (Wildman–Crippen LogP) is 5.10. The van der Waals surface area contributed by atoms with E-state index >= 15 is 0 Å². The van der Waals surface area contributed by atoms with Gasteiger partial charge in [-0.15, -0.1) is 0 Å². The first-order valence-electron chi connectivity index (χ1n) is 10.9. The molecule has 2 aromatic rings. The van der Waals surface area contributed by atoms with Gasteiger partial charge in [0.15, 0.2) is 0 Å². The Balaban J connectivity index is 1.69. The molecular weight excluding hydrogens is 435 g/mol. The van der Waals surface area contributed by atoms with Gasteiger partial charge in [0, 0.05) is 12.1 Å². The predicted molar refractivity (Wildman–Crippen MR) is 115 cm³/mol. The summed E-state index contributed by atoms with van der Waals surface area (Å²) in [6, 6.07) is 9.52. The number of amides is 2. The average Bonchev–Trinajstić information content (AvgIpc) is 3.30. The van der Waals surface area contributed by atoms with Crippen LogP contribution in [0.1, 0.15) is 57.3 Å². The van der Waals surface area contributed by atoms with E-state index in [0.29, 0.717) is 42.8 Å². The first kappa shape index (κ1) is 23.1. The molecule has 1 aromatic carbocycles. The number of likely N-dealkylation sites (tertiary alicyclic amines) is 1. The van der Waals surface area contributed by atoms with Crippen LogP contribution in [0.5, 0.6) is 0 Å². The number of halogens is 3. The fourth-order valence-electron chi connectivity index (χ4n) is 4.57. The lowest BCUT2D eigenvalue weighted by atomic mass is 9.94. The number of pyridine rings is 1. The highest BCUT2D eigenvalue weighted by Crippen LogP contribution is 2.46. The number of alkyl halides is 3. The van der Waals surface area contributed by atoms with Crippen molar-refractivity contribution >= 4 is 12.0 Å². The van der Waals surface area contributed by atoms with Gasteiger partial charge in [-0.25, -0.2) is 4.79 Å². The van der Waals surface area contributed by atoms with Crippen molar-refractivity contribution < 1.29 is 27.5 Å². The summed E-state index contributed by atoms with van der Waals surface area (Å²) in [4.78, 5) is 32.2. The molecule has 9 heteroatoms. The summed E-state index contributed by atoms with van der Waals surface area (Å²) in [6.07, 6.45) is -3.50. The van der Waals surface area contributed by atoms with Crippen LogP contribution in [0.3, 0.4) is 0 Å². The minimum atomic E-state index is -4.41. The molecule has 3 heterocycles. The number of benzene rings is 1. The molecule has 2 aliphatic heterocycles. The van der Waals surface area contributed by atoms with Crippen molar-refractivity contribution in [1.82, 2.24) is 15.2 Å². The van der Waals surface area contributed by atoms with Gasteiger partial charge in [-0.3, -0.25) is 14.7 Å². The van der Waals surface area contributed by atoms with E-state index in [1.807, 2.05) is 0 Å². The highest BCUT2D eigenvalue weighted by Gasteiger charge is 2.57. The molecule has 0 radical (unpaired) electrons. The van der Waals surface area contributed by atoms with Gasteiger partial charge in [-0.1, -0.05) is 18.2 Å². The zero-order chi connectivity index (χ0) is 24.0. The zero-order valence-corrected chi connectivity index (χ0v) is 18.7. The van der Waals surface area contributed by atoms with E-state index in [1.54, 1.807) is 39.0 Å². The van der Waals surface area contributed by atoms with E-state index in [1.165, 1.54) is 17.0 Å². The van der Waals surface area contributed by atoms with Crippen LogP contribution in [0.4, 0.5) is 18.0 Å². The van der Waals surface area contributed by atoms with E-state index in [4.69, 9.17) is 4.74 Å². The summed E-state index contributed by atoms with van der Waals surface area (Å²) in [5.41, 5.74) is -0.879. The lowest BCUT2D eigenvalue weighted by Crippen LogP contribution is -2.54. The number of carbonyl (C=O) groups excluding carboxylic acids is 2. The number of hydrogen-bond donors (Lipinski definition) is 1. The largest absolute Gasteiger partial charge is 0.444 e. The Morgan fingerprint density at radius 3 is 2.39 bits per heavy atom. The molecule has 176 valence electrons. The Kier molecular flexibility index (Phi) is 5.62. The van der Waals surface area contributed by atoms with Crippen molar-refractivity contribution in [2.45, 2.75) is 63.4 Å². The van der Waals surface area contributed by atoms with E-state index in [-0.39, 0.29) is 5.91 Å². The van der Waals surface area contributed by atoms with Crippen molar-refractivity contribution in [3.63, 3.8) is 0 Å². The minimum absolute atomic E-state index is 0.199. The molecule has 33 heavy (non-hydrogen) atoms. The van der Waals surface area contributed by atoms with Crippen LogP contribution in [-0.4, -0.2) is 39.6 Å². The standard InChI is InChI=1S/C24H26F3N3O3/c1-22(2,3)33-21(32)30-19(11-12-23(30)13-14-28-20(23)31)18-6-4-5-17(29-18)15-7-9-16(10-8-15)24(25,26)27/h4-10,19H,11-14H2,1-3H3,(H,28,31)/t19-,23-/m1/s1. The van der Waals surface area contributed by atoms with Gasteiger partial charge in [0.25, 0.3) is 0 Å². The maximum atomic E-state index is 13.2. The zero-order valence-electron chi connectivity index (χ0n) is 18.7. The summed E-state index contributed by atoms with van der Waals surface area (Å²) < 4.78 is 44.4. The normalized spacial score (nSPS) is 23.2. The number of ether oxygens (including phenoxy) is 1. The van der Waals surface area contributed by atoms with Crippen molar-refractivity contribution in [2.24, 2.45) is 0 Å². The van der Waals surface area contributed by atoms with Gasteiger partial charge in [0.05, 0.1) is 23.0 Å². The van der Waals surface area contributed by atoms with E-state index < -0.39 is 35.0 Å². The van der Waals surface area contributed by atoms with Gasteiger partial charge in [-0.2, -0.15) is 13.2 Å². The summed E-state index contributed by atoms with van der Waals surface area (Å²) >= 11 is 0. The Labute approximate surface area is 190 Å². The molecule has 2 saturated heterocycles. The molecule has 0 aliphatic carbocycles. The third kappa shape index (κ3) is 4.41. The highest BCUT2D eigenvalue weighted by atomic mass is 19.4. The van der Waals surface area contributed by atoms with Crippen LogP contribution >= 0.6 is 0 Å². The van der Waals surface area contributed by atoms with Crippen molar-refractivity contribution in [3.05, 3.63) is 53.7 Å². The number of hydrogen-bond acceptors (Lipinski definition) is 4. The molecule has 2 atom stereocenters. The second-order valence-electron chi connectivity index (χ2n) is 9.47. The van der Waals surface area contributed by atoms with Crippen molar-refractivity contribution in [3.8, 4) is 11.3 Å². The van der Waals surface area contributed by atoms with Gasteiger partial charge in [-0.05, 0) is 64.3 Å². The first-order chi connectivity index (χ1) is 15.4. The van der Waals surface area contributed by atoms with E-state index in [2.05, 4.69) is 10.3 Å². The number of nitrogens with one attached hydrogen (secondary N) is 1. The Bertz CT molecular complexity index is 1060. The van der Waals surface area contributed by atoms with Crippen molar-refractivity contribution in [1.29, 1.82) is 0 Å². The molecular formula is C24H26F3N3O3. The topological polar surface area (TPSA) is 71.5 Å². The van der Waals surface area contributed by atoms with Gasteiger partial charge >= 0.3 is 12.3 Å². The Morgan fingerprint density at radius 1 is 1.12 bits per heavy atom. The highest BCUT2D eigenvalue weighted by molar-refractivity contribution is 5.92. The van der Waals surface area contributed by atoms with E-state index in [0.717, 1.165) is 12.1 Å². The number of nitrogens with zero attached hydrogens (tertiary/aromatic N) is 2. The Hall–Kier alpha value is -3.10. The monoisotopic (exact) mass is 461 g/mol. The van der Waals surface area contributed by atoms with Crippen LogP contribution in [0.25, 0.3) is 11.3 Å². The molecule has 0 saturated carbocycles. The lowest BCUT2D eigenvalue weighted by molar-refractivity contribution is -0.137.